The lowest BCUT2D eigenvalue weighted by atomic mass is 10.1. The Balaban J connectivity index is 2.34. The zero-order valence-electron chi connectivity index (χ0n) is 10.4. The van der Waals surface area contributed by atoms with E-state index in [1.165, 1.54) is 20.9 Å². The maximum absolute atomic E-state index is 3.66. The quantitative estimate of drug-likeness (QED) is 0.743. The Labute approximate surface area is 129 Å². The third-order valence-electron chi connectivity index (χ3n) is 2.64. The van der Waals surface area contributed by atoms with Gasteiger partial charge in [0.2, 0.25) is 0 Å². The molecule has 0 fully saturated rings. The minimum Gasteiger partial charge on any atom is -0.312 e. The van der Waals surface area contributed by atoms with E-state index in [1.54, 1.807) is 0 Å². The molecule has 0 aliphatic carbocycles. The highest BCUT2D eigenvalue weighted by Crippen LogP contribution is 2.39. The normalized spacial score (nSPS) is 10.9. The average Bonchev–Trinajstić information content (AvgIpc) is 2.73. The molecule has 1 nitrogen and oxygen atoms in total. The molecule has 0 aliphatic heterocycles. The molecule has 0 radical (unpaired) electrons. The summed E-state index contributed by atoms with van der Waals surface area (Å²) in [5.74, 6) is 0. The van der Waals surface area contributed by atoms with Crippen molar-refractivity contribution in [3.63, 3.8) is 0 Å². The van der Waals surface area contributed by atoms with Gasteiger partial charge >= 0.3 is 0 Å². The molecular weight excluding hydrogens is 374 g/mol. The van der Waals surface area contributed by atoms with E-state index >= 15 is 0 Å². The van der Waals surface area contributed by atoms with Crippen molar-refractivity contribution < 1.29 is 0 Å². The van der Waals surface area contributed by atoms with Gasteiger partial charge in [-0.25, -0.2) is 0 Å². The van der Waals surface area contributed by atoms with Crippen molar-refractivity contribution in [2.24, 2.45) is 0 Å². The van der Waals surface area contributed by atoms with Crippen LogP contribution >= 0.6 is 43.2 Å². The van der Waals surface area contributed by atoms with Crippen LogP contribution in [-0.2, 0) is 6.54 Å². The van der Waals surface area contributed by atoms with Crippen molar-refractivity contribution in [1.29, 1.82) is 0 Å². The van der Waals surface area contributed by atoms with Crippen molar-refractivity contribution in [2.75, 3.05) is 6.54 Å². The molecule has 96 valence electrons. The summed E-state index contributed by atoms with van der Waals surface area (Å²) in [6.07, 6.45) is 0. The summed E-state index contributed by atoms with van der Waals surface area (Å²) in [4.78, 5) is 2.66. The van der Waals surface area contributed by atoms with Gasteiger partial charge in [-0.2, -0.15) is 0 Å². The van der Waals surface area contributed by atoms with Crippen LogP contribution in [0.2, 0.25) is 0 Å². The van der Waals surface area contributed by atoms with Crippen molar-refractivity contribution in [3.8, 4) is 10.4 Å². The van der Waals surface area contributed by atoms with Gasteiger partial charge in [0.1, 0.15) is 0 Å². The highest BCUT2D eigenvalue weighted by atomic mass is 79.9. The fourth-order valence-electron chi connectivity index (χ4n) is 1.79. The van der Waals surface area contributed by atoms with Crippen LogP contribution < -0.4 is 5.32 Å². The van der Waals surface area contributed by atoms with E-state index < -0.39 is 0 Å². The molecule has 0 aliphatic rings. The third kappa shape index (κ3) is 3.23. The summed E-state index contributed by atoms with van der Waals surface area (Å²) in [6, 6.07) is 8.70. The molecule has 1 aromatic heterocycles. The Morgan fingerprint density at radius 1 is 1.17 bits per heavy atom. The van der Waals surface area contributed by atoms with Crippen LogP contribution in [0.3, 0.4) is 0 Å². The van der Waals surface area contributed by atoms with E-state index in [0.717, 1.165) is 22.0 Å². The summed E-state index contributed by atoms with van der Waals surface area (Å²) in [7, 11) is 0. The minimum absolute atomic E-state index is 0.947. The van der Waals surface area contributed by atoms with Crippen molar-refractivity contribution >= 4 is 43.2 Å². The first-order valence-corrected chi connectivity index (χ1v) is 8.27. The fraction of sp³-hybridized carbons (Fsp3) is 0.286. The molecule has 0 spiro atoms. The molecule has 0 bridgehead atoms. The highest BCUT2D eigenvalue weighted by molar-refractivity contribution is 9.11. The van der Waals surface area contributed by atoms with Gasteiger partial charge in [-0.3, -0.25) is 0 Å². The summed E-state index contributed by atoms with van der Waals surface area (Å²) < 4.78 is 2.29. The number of rotatable bonds is 4. The number of benzene rings is 1. The van der Waals surface area contributed by atoms with Crippen LogP contribution in [0.4, 0.5) is 0 Å². The second-order valence-electron chi connectivity index (χ2n) is 4.15. The van der Waals surface area contributed by atoms with Crippen LogP contribution in [0.5, 0.6) is 0 Å². The topological polar surface area (TPSA) is 12.0 Å². The molecular formula is C14H15Br2NS. The molecule has 0 saturated heterocycles. The van der Waals surface area contributed by atoms with E-state index in [1.807, 2.05) is 11.3 Å². The van der Waals surface area contributed by atoms with Gasteiger partial charge in [0.15, 0.2) is 0 Å². The smallest absolute Gasteiger partial charge is 0.0368 e. The van der Waals surface area contributed by atoms with E-state index in [9.17, 15) is 0 Å². The van der Waals surface area contributed by atoms with Crippen molar-refractivity contribution in [2.45, 2.75) is 20.4 Å². The molecule has 2 rings (SSSR count). The second kappa shape index (κ2) is 6.33. The fourth-order valence-corrected chi connectivity index (χ4v) is 4.95. The molecule has 0 saturated carbocycles. The SMILES string of the molecule is CCNCc1ccc(-c2c(Br)cc(C)cc2Br)s1. The monoisotopic (exact) mass is 387 g/mol. The van der Waals surface area contributed by atoms with E-state index in [-0.39, 0.29) is 0 Å². The molecule has 1 N–H and O–H groups in total. The molecule has 18 heavy (non-hydrogen) atoms. The zero-order chi connectivity index (χ0) is 13.1. The van der Waals surface area contributed by atoms with Gasteiger partial charge < -0.3 is 5.32 Å². The van der Waals surface area contributed by atoms with Crippen LogP contribution in [0.1, 0.15) is 17.4 Å². The van der Waals surface area contributed by atoms with Crippen molar-refractivity contribution in [1.82, 2.24) is 5.32 Å². The molecule has 0 unspecified atom stereocenters. The number of thiophene rings is 1. The summed E-state index contributed by atoms with van der Waals surface area (Å²) in [5, 5.41) is 3.35. The lowest BCUT2D eigenvalue weighted by Crippen LogP contribution is -2.10. The van der Waals surface area contributed by atoms with E-state index in [4.69, 9.17) is 0 Å². The van der Waals surface area contributed by atoms with Crippen LogP contribution in [0, 0.1) is 6.92 Å². The second-order valence-corrected chi connectivity index (χ2v) is 7.03. The maximum Gasteiger partial charge on any atom is 0.0368 e. The Kier molecular flexibility index (Phi) is 5.01. The van der Waals surface area contributed by atoms with E-state index in [0.29, 0.717) is 0 Å². The molecule has 1 heterocycles. The average molecular weight is 389 g/mol. The van der Waals surface area contributed by atoms with Gasteiger partial charge in [0.25, 0.3) is 0 Å². The lowest BCUT2D eigenvalue weighted by Gasteiger charge is -2.06. The standard InChI is InChI=1S/C14H15Br2NS/c1-3-17-8-10-4-5-13(18-10)14-11(15)6-9(2)7-12(14)16/h4-7,17H,3,8H2,1-2H3. The van der Waals surface area contributed by atoms with Gasteiger partial charge in [0, 0.05) is 30.8 Å². The van der Waals surface area contributed by atoms with Gasteiger partial charge in [-0.05, 0) is 43.3 Å². The first kappa shape index (κ1) is 14.3. The van der Waals surface area contributed by atoms with Crippen molar-refractivity contribution in [3.05, 3.63) is 43.7 Å². The largest absolute Gasteiger partial charge is 0.312 e. The van der Waals surface area contributed by atoms with Gasteiger partial charge in [0.05, 0.1) is 0 Å². The zero-order valence-corrected chi connectivity index (χ0v) is 14.4. The van der Waals surface area contributed by atoms with Crippen LogP contribution in [0.15, 0.2) is 33.2 Å². The number of hydrogen-bond acceptors (Lipinski definition) is 2. The van der Waals surface area contributed by atoms with E-state index in [2.05, 4.69) is 75.3 Å². The Bertz CT molecular complexity index is 525. The summed E-state index contributed by atoms with van der Waals surface area (Å²) >= 11 is 9.15. The van der Waals surface area contributed by atoms with Crippen LogP contribution in [-0.4, -0.2) is 6.54 Å². The number of nitrogens with one attached hydrogen (secondary N) is 1. The highest BCUT2D eigenvalue weighted by Gasteiger charge is 2.11. The maximum atomic E-state index is 3.66. The Hall–Kier alpha value is -0.160. The summed E-state index contributed by atoms with van der Waals surface area (Å²) in [6.45, 7) is 6.18. The molecule has 0 amide bonds. The summed E-state index contributed by atoms with van der Waals surface area (Å²) in [5.41, 5.74) is 2.50. The molecule has 0 atom stereocenters. The molecule has 2 aromatic rings. The predicted octanol–water partition coefficient (Wildman–Crippen LogP) is 5.36. The number of halogens is 2. The predicted molar refractivity (Wildman–Crippen MR) is 87.3 cm³/mol. The Morgan fingerprint density at radius 2 is 1.83 bits per heavy atom. The van der Waals surface area contributed by atoms with Gasteiger partial charge in [-0.1, -0.05) is 38.8 Å². The first-order chi connectivity index (χ1) is 8.61. The first-order valence-electron chi connectivity index (χ1n) is 5.87. The van der Waals surface area contributed by atoms with Crippen LogP contribution in [0.25, 0.3) is 10.4 Å². The Morgan fingerprint density at radius 3 is 2.44 bits per heavy atom. The molecule has 1 aromatic carbocycles. The third-order valence-corrected chi connectivity index (χ3v) is 5.00. The lowest BCUT2D eigenvalue weighted by molar-refractivity contribution is 0.735. The number of aryl methyl sites for hydroxylation is 1. The number of hydrogen-bond donors (Lipinski definition) is 1. The van der Waals surface area contributed by atoms with Gasteiger partial charge in [-0.15, -0.1) is 11.3 Å². The minimum atomic E-state index is 0.947. The molecule has 4 heteroatoms.